The molecule has 24 heavy (non-hydrogen) atoms. The monoisotopic (exact) mass is 347 g/mol. The van der Waals surface area contributed by atoms with Gasteiger partial charge in [-0.2, -0.15) is 0 Å². The van der Waals surface area contributed by atoms with Crippen LogP contribution in [-0.4, -0.2) is 59.2 Å². The van der Waals surface area contributed by atoms with E-state index in [-0.39, 0.29) is 16.7 Å². The molecule has 0 saturated carbocycles. The van der Waals surface area contributed by atoms with Crippen molar-refractivity contribution in [3.05, 3.63) is 41.2 Å². The first kappa shape index (κ1) is 16.5. The molecule has 0 spiro atoms. The van der Waals surface area contributed by atoms with Crippen LogP contribution in [0.2, 0.25) is 5.02 Å². The average Bonchev–Trinajstić information content (AvgIpc) is 2.58. The quantitative estimate of drug-likeness (QED) is 0.878. The number of aromatic nitrogens is 2. The van der Waals surface area contributed by atoms with Gasteiger partial charge in [-0.05, 0) is 31.3 Å². The fourth-order valence-corrected chi connectivity index (χ4v) is 2.70. The van der Waals surface area contributed by atoms with E-state index >= 15 is 0 Å². The van der Waals surface area contributed by atoms with Crippen molar-refractivity contribution in [2.24, 2.45) is 0 Å². The zero-order valence-electron chi connectivity index (χ0n) is 13.2. The Bertz CT molecular complexity index is 730. The molecule has 7 nitrogen and oxygen atoms in total. The van der Waals surface area contributed by atoms with Gasteiger partial charge in [0.1, 0.15) is 0 Å². The number of anilines is 3. The summed E-state index contributed by atoms with van der Waals surface area (Å²) in [6.07, 6.45) is 1.28. The van der Waals surface area contributed by atoms with Crippen molar-refractivity contribution in [2.45, 2.75) is 0 Å². The molecule has 0 radical (unpaired) electrons. The van der Waals surface area contributed by atoms with Crippen LogP contribution in [0.15, 0.2) is 30.5 Å². The number of carboxylic acid groups (broad SMARTS) is 1. The summed E-state index contributed by atoms with van der Waals surface area (Å²) in [4.78, 5) is 23.6. The predicted octanol–water partition coefficient (Wildman–Crippen LogP) is 2.32. The van der Waals surface area contributed by atoms with Crippen LogP contribution in [0, 0.1) is 0 Å². The van der Waals surface area contributed by atoms with E-state index in [0.717, 1.165) is 37.6 Å². The highest BCUT2D eigenvalue weighted by Crippen LogP contribution is 2.22. The van der Waals surface area contributed by atoms with E-state index in [2.05, 4.69) is 32.1 Å². The van der Waals surface area contributed by atoms with Crippen molar-refractivity contribution >= 4 is 34.9 Å². The molecule has 0 amide bonds. The van der Waals surface area contributed by atoms with Gasteiger partial charge in [-0.3, -0.25) is 0 Å². The van der Waals surface area contributed by atoms with Gasteiger partial charge in [-0.15, -0.1) is 0 Å². The van der Waals surface area contributed by atoms with Crippen LogP contribution >= 0.6 is 11.6 Å². The molecule has 1 aromatic heterocycles. The number of piperazine rings is 1. The fourth-order valence-electron chi connectivity index (χ4n) is 2.53. The van der Waals surface area contributed by atoms with Gasteiger partial charge in [0.25, 0.3) is 0 Å². The average molecular weight is 348 g/mol. The lowest BCUT2D eigenvalue weighted by Crippen LogP contribution is -2.44. The molecule has 2 N–H and O–H groups in total. The van der Waals surface area contributed by atoms with Crippen molar-refractivity contribution < 1.29 is 9.90 Å². The molecule has 0 bridgehead atoms. The van der Waals surface area contributed by atoms with E-state index < -0.39 is 5.97 Å². The Morgan fingerprint density at radius 3 is 2.50 bits per heavy atom. The molecule has 1 aliphatic rings. The molecule has 1 saturated heterocycles. The summed E-state index contributed by atoms with van der Waals surface area (Å²) in [5.74, 6) is -0.986. The minimum atomic E-state index is -1.18. The number of hydrogen-bond acceptors (Lipinski definition) is 6. The molecule has 3 rings (SSSR count). The normalized spacial score (nSPS) is 15.3. The van der Waals surface area contributed by atoms with Gasteiger partial charge in [-0.25, -0.2) is 14.8 Å². The summed E-state index contributed by atoms with van der Waals surface area (Å²) < 4.78 is 0. The van der Waals surface area contributed by atoms with Gasteiger partial charge in [0.2, 0.25) is 5.95 Å². The third-order valence-electron chi connectivity index (χ3n) is 3.94. The molecule has 126 valence electrons. The number of aromatic carboxylic acids is 1. The van der Waals surface area contributed by atoms with Crippen LogP contribution in [-0.2, 0) is 0 Å². The Hall–Kier alpha value is -2.38. The van der Waals surface area contributed by atoms with Crippen molar-refractivity contribution in [3.63, 3.8) is 0 Å². The Morgan fingerprint density at radius 2 is 1.88 bits per heavy atom. The number of hydrogen-bond donors (Lipinski definition) is 2. The second-order valence-corrected chi connectivity index (χ2v) is 6.06. The SMILES string of the molecule is CN1CCN(c2ccc(Nc3ncc(Cl)c(C(=O)O)n3)cc2)CC1. The first-order valence-corrected chi connectivity index (χ1v) is 7.97. The topological polar surface area (TPSA) is 81.6 Å². The summed E-state index contributed by atoms with van der Waals surface area (Å²) in [6, 6.07) is 7.90. The molecule has 8 heteroatoms. The van der Waals surface area contributed by atoms with Crippen LogP contribution in [0.1, 0.15) is 10.5 Å². The molecule has 1 aliphatic heterocycles. The molecule has 0 atom stereocenters. The van der Waals surface area contributed by atoms with Crippen molar-refractivity contribution in [1.82, 2.24) is 14.9 Å². The van der Waals surface area contributed by atoms with E-state index in [1.807, 2.05) is 24.3 Å². The van der Waals surface area contributed by atoms with Crippen LogP contribution in [0.3, 0.4) is 0 Å². The lowest BCUT2D eigenvalue weighted by molar-refractivity contribution is 0.0690. The van der Waals surface area contributed by atoms with Gasteiger partial charge < -0.3 is 20.2 Å². The van der Waals surface area contributed by atoms with Crippen LogP contribution in [0.4, 0.5) is 17.3 Å². The molecular weight excluding hydrogens is 330 g/mol. The van der Waals surface area contributed by atoms with Crippen molar-refractivity contribution in [3.8, 4) is 0 Å². The molecule has 2 heterocycles. The molecule has 0 aliphatic carbocycles. The van der Waals surface area contributed by atoms with Crippen LogP contribution < -0.4 is 10.2 Å². The van der Waals surface area contributed by atoms with Gasteiger partial charge in [0.15, 0.2) is 5.69 Å². The molecule has 0 unspecified atom stereocenters. The van der Waals surface area contributed by atoms with E-state index in [0.29, 0.717) is 0 Å². The van der Waals surface area contributed by atoms with Crippen LogP contribution in [0.25, 0.3) is 0 Å². The lowest BCUT2D eigenvalue weighted by atomic mass is 10.2. The number of rotatable bonds is 4. The summed E-state index contributed by atoms with van der Waals surface area (Å²) in [7, 11) is 2.13. The Kier molecular flexibility index (Phi) is 4.82. The Balaban J connectivity index is 1.70. The maximum atomic E-state index is 11.1. The van der Waals surface area contributed by atoms with E-state index in [1.54, 1.807) is 0 Å². The van der Waals surface area contributed by atoms with E-state index in [4.69, 9.17) is 16.7 Å². The number of halogens is 1. The summed E-state index contributed by atoms with van der Waals surface area (Å²) in [6.45, 7) is 4.12. The lowest BCUT2D eigenvalue weighted by Gasteiger charge is -2.34. The molecule has 2 aromatic rings. The third-order valence-corrected chi connectivity index (χ3v) is 4.22. The highest BCUT2D eigenvalue weighted by atomic mass is 35.5. The van der Waals surface area contributed by atoms with Gasteiger partial charge in [0.05, 0.1) is 11.2 Å². The molecule has 1 aromatic carbocycles. The number of nitrogens with zero attached hydrogens (tertiary/aromatic N) is 4. The Labute approximate surface area is 144 Å². The van der Waals surface area contributed by atoms with Gasteiger partial charge in [-0.1, -0.05) is 11.6 Å². The summed E-state index contributed by atoms with van der Waals surface area (Å²) >= 11 is 5.77. The number of carbonyl (C=O) groups is 1. The maximum Gasteiger partial charge on any atom is 0.356 e. The van der Waals surface area contributed by atoms with Gasteiger partial charge >= 0.3 is 5.97 Å². The third kappa shape index (κ3) is 3.74. The maximum absolute atomic E-state index is 11.1. The summed E-state index contributed by atoms with van der Waals surface area (Å²) in [5.41, 5.74) is 1.73. The second-order valence-electron chi connectivity index (χ2n) is 5.66. The zero-order chi connectivity index (χ0) is 17.1. The standard InChI is InChI=1S/C16H18ClN5O2/c1-21-6-8-22(9-7-21)12-4-2-11(3-5-12)19-16-18-10-13(17)14(20-16)15(23)24/h2-5,10H,6-9H2,1H3,(H,23,24)(H,18,19,20). The minimum absolute atomic E-state index is 0.0125. The summed E-state index contributed by atoms with van der Waals surface area (Å²) in [5, 5.41) is 12.0. The van der Waals surface area contributed by atoms with E-state index in [9.17, 15) is 4.79 Å². The zero-order valence-corrected chi connectivity index (χ0v) is 14.0. The van der Waals surface area contributed by atoms with Crippen molar-refractivity contribution in [1.29, 1.82) is 0 Å². The minimum Gasteiger partial charge on any atom is -0.476 e. The number of likely N-dealkylation sites (N-methyl/N-ethyl adjacent to an activating group) is 1. The first-order valence-electron chi connectivity index (χ1n) is 7.59. The molecular formula is C16H18ClN5O2. The number of carboxylic acids is 1. The Morgan fingerprint density at radius 1 is 1.21 bits per heavy atom. The largest absolute Gasteiger partial charge is 0.476 e. The first-order chi connectivity index (χ1) is 11.5. The smallest absolute Gasteiger partial charge is 0.356 e. The highest BCUT2D eigenvalue weighted by Gasteiger charge is 2.15. The van der Waals surface area contributed by atoms with E-state index in [1.165, 1.54) is 6.20 Å². The van der Waals surface area contributed by atoms with Crippen LogP contribution in [0.5, 0.6) is 0 Å². The van der Waals surface area contributed by atoms with Gasteiger partial charge in [0, 0.05) is 37.6 Å². The highest BCUT2D eigenvalue weighted by molar-refractivity contribution is 6.33. The fraction of sp³-hybridized carbons (Fsp3) is 0.312. The van der Waals surface area contributed by atoms with Crippen molar-refractivity contribution in [2.75, 3.05) is 43.4 Å². The molecule has 1 fully saturated rings. The number of nitrogens with one attached hydrogen (secondary N) is 1. The predicted molar refractivity (Wildman–Crippen MR) is 93.4 cm³/mol. The number of benzene rings is 1. The second kappa shape index (κ2) is 7.02.